The molecule has 2 aromatic rings. The van der Waals surface area contributed by atoms with Crippen molar-refractivity contribution in [2.24, 2.45) is 0 Å². The van der Waals surface area contributed by atoms with E-state index < -0.39 is 11.6 Å². The second-order valence-electron chi connectivity index (χ2n) is 5.09. The first kappa shape index (κ1) is 15.1. The summed E-state index contributed by atoms with van der Waals surface area (Å²) in [6, 6.07) is 14.4. The van der Waals surface area contributed by atoms with Crippen molar-refractivity contribution in [2.45, 2.75) is 26.1 Å². The third kappa shape index (κ3) is 3.23. The lowest BCUT2D eigenvalue weighted by molar-refractivity contribution is -0.157. The highest BCUT2D eigenvalue weighted by atomic mass is 16.5. The van der Waals surface area contributed by atoms with E-state index in [4.69, 9.17) is 9.84 Å². The van der Waals surface area contributed by atoms with E-state index in [1.165, 1.54) is 6.92 Å². The van der Waals surface area contributed by atoms with Gasteiger partial charge in [0.2, 0.25) is 0 Å². The van der Waals surface area contributed by atoms with Gasteiger partial charge in [0.1, 0.15) is 12.4 Å². The topological polar surface area (TPSA) is 66.8 Å². The number of carboxylic acid groups (broad SMARTS) is 1. The normalized spacial score (nSPS) is 13.5. The molecule has 0 heterocycles. The average molecular weight is 286 g/mol. The van der Waals surface area contributed by atoms with Crippen LogP contribution in [0.5, 0.6) is 5.75 Å². The van der Waals surface area contributed by atoms with Gasteiger partial charge in [-0.1, -0.05) is 42.5 Å². The van der Waals surface area contributed by atoms with E-state index in [2.05, 4.69) is 0 Å². The summed E-state index contributed by atoms with van der Waals surface area (Å²) < 4.78 is 5.73. The summed E-state index contributed by atoms with van der Waals surface area (Å²) >= 11 is 0. The number of hydrogen-bond acceptors (Lipinski definition) is 3. The molecule has 0 aliphatic rings. The molecule has 1 unspecified atom stereocenters. The molecule has 1 atom stereocenters. The van der Waals surface area contributed by atoms with E-state index >= 15 is 0 Å². The van der Waals surface area contributed by atoms with Crippen LogP contribution in [0.2, 0.25) is 0 Å². The highest BCUT2D eigenvalue weighted by molar-refractivity contribution is 5.79. The second-order valence-corrected chi connectivity index (χ2v) is 5.09. The van der Waals surface area contributed by atoms with Gasteiger partial charge >= 0.3 is 5.97 Å². The van der Waals surface area contributed by atoms with Gasteiger partial charge in [-0.2, -0.15) is 0 Å². The Labute approximate surface area is 123 Å². The summed E-state index contributed by atoms with van der Waals surface area (Å²) in [5.74, 6) is -0.548. The standard InChI is InChI=1S/C17H18O4/c1-12-7-3-6-10-15(12)21-11-13-8-4-5-9-14(13)17(2,20)16(18)19/h3-10,20H,11H2,1-2H3,(H,18,19). The minimum Gasteiger partial charge on any atom is -0.489 e. The maximum Gasteiger partial charge on any atom is 0.340 e. The molecule has 0 bridgehead atoms. The molecule has 2 N–H and O–H groups in total. The van der Waals surface area contributed by atoms with E-state index in [9.17, 15) is 9.90 Å². The molecule has 0 saturated heterocycles. The van der Waals surface area contributed by atoms with Gasteiger partial charge in [-0.05, 0) is 31.0 Å². The van der Waals surface area contributed by atoms with E-state index in [1.807, 2.05) is 31.2 Å². The van der Waals surface area contributed by atoms with Crippen LogP contribution >= 0.6 is 0 Å². The number of hydrogen-bond donors (Lipinski definition) is 2. The maximum absolute atomic E-state index is 11.2. The van der Waals surface area contributed by atoms with Gasteiger partial charge in [-0.3, -0.25) is 0 Å². The fourth-order valence-corrected chi connectivity index (χ4v) is 2.11. The number of aryl methyl sites for hydroxylation is 1. The zero-order valence-corrected chi connectivity index (χ0v) is 12.0. The highest BCUT2D eigenvalue weighted by Crippen LogP contribution is 2.26. The van der Waals surface area contributed by atoms with Crippen molar-refractivity contribution in [2.75, 3.05) is 0 Å². The van der Waals surface area contributed by atoms with Crippen molar-refractivity contribution < 1.29 is 19.7 Å². The second kappa shape index (κ2) is 5.97. The van der Waals surface area contributed by atoms with Crippen LogP contribution in [0.3, 0.4) is 0 Å². The summed E-state index contributed by atoms with van der Waals surface area (Å²) in [7, 11) is 0. The highest BCUT2D eigenvalue weighted by Gasteiger charge is 2.34. The molecular formula is C17H18O4. The molecule has 0 radical (unpaired) electrons. The molecule has 2 aromatic carbocycles. The van der Waals surface area contributed by atoms with Gasteiger partial charge in [0.05, 0.1) is 0 Å². The van der Waals surface area contributed by atoms with Crippen molar-refractivity contribution in [3.8, 4) is 5.75 Å². The molecule has 0 aliphatic carbocycles. The average Bonchev–Trinajstić information content (AvgIpc) is 2.46. The molecule has 0 amide bonds. The number of para-hydroxylation sites is 1. The van der Waals surface area contributed by atoms with Crippen LogP contribution in [0.4, 0.5) is 0 Å². The van der Waals surface area contributed by atoms with Crippen molar-refractivity contribution in [3.63, 3.8) is 0 Å². The first-order valence-electron chi connectivity index (χ1n) is 6.65. The quantitative estimate of drug-likeness (QED) is 0.887. The largest absolute Gasteiger partial charge is 0.489 e. The van der Waals surface area contributed by atoms with Gasteiger partial charge in [0, 0.05) is 5.56 Å². The summed E-state index contributed by atoms with van der Waals surface area (Å²) in [6.45, 7) is 3.40. The van der Waals surface area contributed by atoms with Crippen molar-refractivity contribution in [3.05, 3.63) is 65.2 Å². The molecule has 0 saturated carbocycles. The van der Waals surface area contributed by atoms with Crippen molar-refractivity contribution in [1.29, 1.82) is 0 Å². The molecule has 21 heavy (non-hydrogen) atoms. The Hall–Kier alpha value is -2.33. The Balaban J connectivity index is 2.26. The number of aliphatic hydroxyl groups is 1. The molecule has 4 heteroatoms. The van der Waals surface area contributed by atoms with Gasteiger partial charge in [-0.15, -0.1) is 0 Å². The number of rotatable bonds is 5. The van der Waals surface area contributed by atoms with E-state index in [0.29, 0.717) is 11.1 Å². The van der Waals surface area contributed by atoms with Crippen LogP contribution in [-0.2, 0) is 17.0 Å². The first-order chi connectivity index (χ1) is 9.93. The molecule has 0 aromatic heterocycles. The van der Waals surface area contributed by atoms with Crippen molar-refractivity contribution in [1.82, 2.24) is 0 Å². The lowest BCUT2D eigenvalue weighted by atomic mass is 9.92. The number of ether oxygens (including phenoxy) is 1. The minimum atomic E-state index is -1.94. The van der Waals surface area contributed by atoms with E-state index in [1.54, 1.807) is 24.3 Å². The Kier molecular flexibility index (Phi) is 4.29. The van der Waals surface area contributed by atoms with Crippen LogP contribution < -0.4 is 4.74 Å². The number of benzene rings is 2. The Morgan fingerprint density at radius 3 is 2.43 bits per heavy atom. The molecule has 2 rings (SSSR count). The number of aliphatic carboxylic acids is 1. The molecule has 0 spiro atoms. The predicted molar refractivity (Wildman–Crippen MR) is 79.2 cm³/mol. The molecule has 0 aliphatic heterocycles. The third-order valence-electron chi connectivity index (χ3n) is 3.44. The Bertz CT molecular complexity index is 647. The first-order valence-corrected chi connectivity index (χ1v) is 6.65. The summed E-state index contributed by atoms with van der Waals surface area (Å²) in [5, 5.41) is 19.3. The molecule has 0 fully saturated rings. The van der Waals surface area contributed by atoms with Gasteiger partial charge in [0.25, 0.3) is 0 Å². The van der Waals surface area contributed by atoms with Crippen LogP contribution in [-0.4, -0.2) is 16.2 Å². The summed E-state index contributed by atoms with van der Waals surface area (Å²) in [6.07, 6.45) is 0. The van der Waals surface area contributed by atoms with Crippen LogP contribution in [0.1, 0.15) is 23.6 Å². The third-order valence-corrected chi connectivity index (χ3v) is 3.44. The monoisotopic (exact) mass is 286 g/mol. The minimum absolute atomic E-state index is 0.199. The molecular weight excluding hydrogens is 268 g/mol. The summed E-state index contributed by atoms with van der Waals surface area (Å²) in [5.41, 5.74) is 0.0466. The number of carboxylic acids is 1. The zero-order chi connectivity index (χ0) is 15.5. The Morgan fingerprint density at radius 2 is 1.76 bits per heavy atom. The fourth-order valence-electron chi connectivity index (χ4n) is 2.11. The molecule has 4 nitrogen and oxygen atoms in total. The predicted octanol–water partition coefficient (Wildman–Crippen LogP) is 2.87. The van der Waals surface area contributed by atoms with Crippen molar-refractivity contribution >= 4 is 5.97 Å². The smallest absolute Gasteiger partial charge is 0.340 e. The van der Waals surface area contributed by atoms with Crippen LogP contribution in [0.15, 0.2) is 48.5 Å². The van der Waals surface area contributed by atoms with Gasteiger partial charge in [0.15, 0.2) is 5.60 Å². The van der Waals surface area contributed by atoms with Crippen LogP contribution in [0, 0.1) is 6.92 Å². The van der Waals surface area contributed by atoms with E-state index in [-0.39, 0.29) is 6.61 Å². The molecule has 110 valence electrons. The zero-order valence-electron chi connectivity index (χ0n) is 12.0. The SMILES string of the molecule is Cc1ccccc1OCc1ccccc1C(C)(O)C(=O)O. The fraction of sp³-hybridized carbons (Fsp3) is 0.235. The van der Waals surface area contributed by atoms with Gasteiger partial charge in [-0.25, -0.2) is 4.79 Å². The Morgan fingerprint density at radius 1 is 1.14 bits per heavy atom. The van der Waals surface area contributed by atoms with Gasteiger partial charge < -0.3 is 14.9 Å². The van der Waals surface area contributed by atoms with Crippen LogP contribution in [0.25, 0.3) is 0 Å². The number of carbonyl (C=O) groups is 1. The maximum atomic E-state index is 11.2. The lowest BCUT2D eigenvalue weighted by Gasteiger charge is -2.22. The lowest BCUT2D eigenvalue weighted by Crippen LogP contribution is -2.33. The summed E-state index contributed by atoms with van der Waals surface area (Å²) in [4.78, 5) is 11.2. The van der Waals surface area contributed by atoms with E-state index in [0.717, 1.165) is 11.3 Å².